The second-order valence-electron chi connectivity index (χ2n) is 3.05. The van der Waals surface area contributed by atoms with Crippen molar-refractivity contribution in [1.82, 2.24) is 0 Å². The first-order chi connectivity index (χ1) is 6.39. The number of phosphoric ester groups is 1. The van der Waals surface area contributed by atoms with Crippen LogP contribution in [0.3, 0.4) is 0 Å². The smallest absolute Gasteiger partial charge is 0.396 e. The summed E-state index contributed by atoms with van der Waals surface area (Å²) < 4.78 is 14.4. The normalized spacial score (nSPS) is 13.2. The summed E-state index contributed by atoms with van der Waals surface area (Å²) in [6.07, 6.45) is -0.0401. The molecular formula is C6H15O7P. The molecule has 0 fully saturated rings. The van der Waals surface area contributed by atoms with E-state index >= 15 is 0 Å². The van der Waals surface area contributed by atoms with Crippen LogP contribution in [-0.2, 0) is 9.09 Å². The summed E-state index contributed by atoms with van der Waals surface area (Å²) in [5, 5.41) is 26.5. The molecule has 0 bridgehead atoms. The van der Waals surface area contributed by atoms with Crippen molar-refractivity contribution < 1.29 is 34.2 Å². The van der Waals surface area contributed by atoms with Crippen LogP contribution in [0.2, 0.25) is 0 Å². The molecule has 0 heterocycles. The fourth-order valence-electron chi connectivity index (χ4n) is 0.768. The summed E-state index contributed by atoms with van der Waals surface area (Å²) in [7, 11) is -4.53. The maximum absolute atomic E-state index is 10.3. The number of aliphatic hydroxyl groups is 3. The zero-order valence-electron chi connectivity index (χ0n) is 7.54. The van der Waals surface area contributed by atoms with Gasteiger partial charge in [0.1, 0.15) is 0 Å². The van der Waals surface area contributed by atoms with Gasteiger partial charge in [-0.15, -0.1) is 0 Å². The van der Waals surface area contributed by atoms with Gasteiger partial charge in [0.25, 0.3) is 0 Å². The highest BCUT2D eigenvalue weighted by atomic mass is 31.2. The van der Waals surface area contributed by atoms with E-state index in [4.69, 9.17) is 25.1 Å². The average molecular weight is 230 g/mol. The summed E-state index contributed by atoms with van der Waals surface area (Å²) in [6, 6.07) is 0. The average Bonchev–Trinajstić information content (AvgIpc) is 2.11. The molecule has 0 aliphatic rings. The molecule has 0 atom stereocenters. The summed E-state index contributed by atoms with van der Waals surface area (Å²) >= 11 is 0. The summed E-state index contributed by atoms with van der Waals surface area (Å²) in [5.74, 6) is 0. The number of hydrogen-bond donors (Lipinski definition) is 5. The Morgan fingerprint density at radius 1 is 1.07 bits per heavy atom. The van der Waals surface area contributed by atoms with E-state index in [9.17, 15) is 4.57 Å². The molecule has 0 saturated carbocycles. The van der Waals surface area contributed by atoms with Crippen LogP contribution < -0.4 is 0 Å². The van der Waals surface area contributed by atoms with E-state index in [0.717, 1.165) is 0 Å². The number of hydrogen-bond acceptors (Lipinski definition) is 5. The minimum absolute atomic E-state index is 0.0401. The predicted molar refractivity (Wildman–Crippen MR) is 46.3 cm³/mol. The molecule has 0 aromatic carbocycles. The Balaban J connectivity index is 4.01. The van der Waals surface area contributed by atoms with Crippen molar-refractivity contribution in [3.8, 4) is 0 Å². The van der Waals surface area contributed by atoms with E-state index in [0.29, 0.717) is 0 Å². The highest BCUT2D eigenvalue weighted by Crippen LogP contribution is 2.36. The fraction of sp³-hybridized carbons (Fsp3) is 1.00. The van der Waals surface area contributed by atoms with Crippen LogP contribution in [0.1, 0.15) is 6.42 Å². The molecule has 14 heavy (non-hydrogen) atoms. The molecule has 0 rings (SSSR count). The van der Waals surface area contributed by atoms with Gasteiger partial charge in [0, 0.05) is 5.41 Å². The van der Waals surface area contributed by atoms with Gasteiger partial charge in [-0.05, 0) is 6.42 Å². The maximum atomic E-state index is 10.3. The molecule has 8 heteroatoms. The van der Waals surface area contributed by atoms with Gasteiger partial charge >= 0.3 is 7.82 Å². The molecule has 7 nitrogen and oxygen atoms in total. The standard InChI is InChI=1S/C6H15O7P/c7-3-6(4-8,5-9)1-2-13-14(10,11)12/h7-9H,1-5H2,(H2,10,11,12). The summed E-state index contributed by atoms with van der Waals surface area (Å²) in [4.78, 5) is 16.7. The third-order valence-corrected chi connectivity index (χ3v) is 2.42. The van der Waals surface area contributed by atoms with Gasteiger partial charge < -0.3 is 25.1 Å². The van der Waals surface area contributed by atoms with E-state index in [1.165, 1.54) is 0 Å². The first-order valence-electron chi connectivity index (χ1n) is 3.92. The van der Waals surface area contributed by atoms with Gasteiger partial charge in [-0.3, -0.25) is 4.52 Å². The van der Waals surface area contributed by atoms with Crippen LogP contribution in [0.4, 0.5) is 0 Å². The Morgan fingerprint density at radius 2 is 1.50 bits per heavy atom. The van der Waals surface area contributed by atoms with Gasteiger partial charge in [-0.1, -0.05) is 0 Å². The Labute approximate surface area is 81.2 Å². The SMILES string of the molecule is O=P(O)(O)OCCC(CO)(CO)CO. The highest BCUT2D eigenvalue weighted by molar-refractivity contribution is 7.46. The molecule has 0 radical (unpaired) electrons. The van der Waals surface area contributed by atoms with Crippen LogP contribution in [-0.4, -0.2) is 51.5 Å². The lowest BCUT2D eigenvalue weighted by Gasteiger charge is -2.26. The Bertz CT molecular complexity index is 188. The molecule has 0 aromatic rings. The molecule has 0 amide bonds. The summed E-state index contributed by atoms with van der Waals surface area (Å²) in [5.41, 5.74) is -1.16. The third-order valence-electron chi connectivity index (χ3n) is 1.90. The van der Waals surface area contributed by atoms with Crippen molar-refractivity contribution >= 4 is 7.82 Å². The number of phosphoric acid groups is 1. The van der Waals surface area contributed by atoms with Crippen LogP contribution in [0.5, 0.6) is 0 Å². The second kappa shape index (κ2) is 5.77. The minimum Gasteiger partial charge on any atom is -0.396 e. The quantitative estimate of drug-likeness (QED) is 0.335. The van der Waals surface area contributed by atoms with Crippen LogP contribution in [0, 0.1) is 5.41 Å². The van der Waals surface area contributed by atoms with Crippen molar-refractivity contribution in [3.05, 3.63) is 0 Å². The molecular weight excluding hydrogens is 215 g/mol. The van der Waals surface area contributed by atoms with Crippen molar-refractivity contribution in [2.24, 2.45) is 5.41 Å². The minimum atomic E-state index is -4.53. The monoisotopic (exact) mass is 230 g/mol. The molecule has 0 unspecified atom stereocenters. The van der Waals surface area contributed by atoms with E-state index < -0.39 is 33.1 Å². The number of rotatable bonds is 7. The largest absolute Gasteiger partial charge is 0.469 e. The van der Waals surface area contributed by atoms with Crippen LogP contribution in [0.25, 0.3) is 0 Å². The lowest BCUT2D eigenvalue weighted by atomic mass is 9.88. The summed E-state index contributed by atoms with van der Waals surface area (Å²) in [6.45, 7) is -1.79. The molecule has 0 saturated heterocycles. The highest BCUT2D eigenvalue weighted by Gasteiger charge is 2.29. The first kappa shape index (κ1) is 14.0. The van der Waals surface area contributed by atoms with E-state index in [-0.39, 0.29) is 13.0 Å². The third kappa shape index (κ3) is 5.02. The van der Waals surface area contributed by atoms with E-state index in [2.05, 4.69) is 4.52 Å². The predicted octanol–water partition coefficient (Wildman–Crippen LogP) is -1.55. The van der Waals surface area contributed by atoms with Crippen molar-refractivity contribution in [1.29, 1.82) is 0 Å². The lowest BCUT2D eigenvalue weighted by Crippen LogP contribution is -2.35. The van der Waals surface area contributed by atoms with Crippen molar-refractivity contribution in [2.75, 3.05) is 26.4 Å². The molecule has 0 aromatic heterocycles. The van der Waals surface area contributed by atoms with Gasteiger partial charge in [0.05, 0.1) is 26.4 Å². The second-order valence-corrected chi connectivity index (χ2v) is 4.29. The lowest BCUT2D eigenvalue weighted by molar-refractivity contribution is -0.0111. The Morgan fingerprint density at radius 3 is 1.79 bits per heavy atom. The van der Waals surface area contributed by atoms with Gasteiger partial charge in [0.15, 0.2) is 0 Å². The zero-order valence-corrected chi connectivity index (χ0v) is 8.43. The molecule has 5 N–H and O–H groups in total. The van der Waals surface area contributed by atoms with Crippen molar-refractivity contribution in [2.45, 2.75) is 6.42 Å². The van der Waals surface area contributed by atoms with Gasteiger partial charge in [0.2, 0.25) is 0 Å². The fourth-order valence-corrected chi connectivity index (χ4v) is 1.10. The van der Waals surface area contributed by atoms with Crippen LogP contribution in [0.15, 0.2) is 0 Å². The maximum Gasteiger partial charge on any atom is 0.469 e. The Hall–Kier alpha value is -0.0100. The zero-order chi connectivity index (χ0) is 11.2. The van der Waals surface area contributed by atoms with Gasteiger partial charge in [-0.25, -0.2) is 4.57 Å². The number of aliphatic hydroxyl groups excluding tert-OH is 3. The molecule has 0 spiro atoms. The molecule has 0 aliphatic heterocycles. The topological polar surface area (TPSA) is 127 Å². The molecule has 86 valence electrons. The Kier molecular flexibility index (Phi) is 5.77. The molecule has 0 aliphatic carbocycles. The van der Waals surface area contributed by atoms with E-state index in [1.807, 2.05) is 0 Å². The van der Waals surface area contributed by atoms with Gasteiger partial charge in [-0.2, -0.15) is 0 Å². The van der Waals surface area contributed by atoms with Crippen molar-refractivity contribution in [3.63, 3.8) is 0 Å². The van der Waals surface area contributed by atoms with Crippen LogP contribution >= 0.6 is 7.82 Å². The first-order valence-corrected chi connectivity index (χ1v) is 5.45. The van der Waals surface area contributed by atoms with E-state index in [1.54, 1.807) is 0 Å².